The van der Waals surface area contributed by atoms with E-state index in [4.69, 9.17) is 5.21 Å². The summed E-state index contributed by atoms with van der Waals surface area (Å²) in [6, 6.07) is 1.27. The van der Waals surface area contributed by atoms with Crippen LogP contribution in [-0.2, 0) is 6.42 Å². The van der Waals surface area contributed by atoms with Crippen molar-refractivity contribution in [1.29, 1.82) is 0 Å². The van der Waals surface area contributed by atoms with Gasteiger partial charge in [0.15, 0.2) is 11.6 Å². The summed E-state index contributed by atoms with van der Waals surface area (Å²) in [5.74, 6) is -3.11. The highest BCUT2D eigenvalue weighted by Crippen LogP contribution is 2.13. The van der Waals surface area contributed by atoms with Crippen molar-refractivity contribution in [1.82, 2.24) is 5.48 Å². The van der Waals surface area contributed by atoms with Gasteiger partial charge in [-0.1, -0.05) is 0 Å². The highest BCUT2D eigenvalue weighted by Gasteiger charge is 2.08. The summed E-state index contributed by atoms with van der Waals surface area (Å²) in [6.45, 7) is 0.0853. The van der Waals surface area contributed by atoms with Gasteiger partial charge in [-0.2, -0.15) is 0 Å². The molecule has 2 nitrogen and oxygen atoms in total. The summed E-state index contributed by atoms with van der Waals surface area (Å²) in [5, 5.41) is 8.20. The van der Waals surface area contributed by atoms with Gasteiger partial charge in [-0.3, -0.25) is 0 Å². The molecule has 0 aliphatic carbocycles. The van der Waals surface area contributed by atoms with E-state index in [2.05, 4.69) is 0 Å². The van der Waals surface area contributed by atoms with Crippen molar-refractivity contribution >= 4 is 0 Å². The van der Waals surface area contributed by atoms with E-state index in [9.17, 15) is 13.2 Å². The van der Waals surface area contributed by atoms with Crippen LogP contribution < -0.4 is 5.48 Å². The normalized spacial score (nSPS) is 10.5. The van der Waals surface area contributed by atoms with Crippen LogP contribution in [0.3, 0.4) is 0 Å². The second-order valence-electron chi connectivity index (χ2n) is 2.52. The first-order valence-electron chi connectivity index (χ1n) is 3.65. The molecule has 0 spiro atoms. The van der Waals surface area contributed by atoms with Gasteiger partial charge < -0.3 is 5.21 Å². The molecule has 1 rings (SSSR count). The Balaban J connectivity index is 2.88. The quantitative estimate of drug-likeness (QED) is 0.562. The first-order chi connectivity index (χ1) is 6.15. The average Bonchev–Trinajstić information content (AvgIpc) is 2.09. The van der Waals surface area contributed by atoms with E-state index in [0.717, 1.165) is 6.07 Å². The highest BCUT2D eigenvalue weighted by molar-refractivity contribution is 5.20. The Labute approximate surface area is 73.0 Å². The molecule has 0 saturated heterocycles. The first-order valence-corrected chi connectivity index (χ1v) is 3.65. The molecule has 0 atom stereocenters. The highest BCUT2D eigenvalue weighted by atomic mass is 19.2. The third kappa shape index (κ3) is 2.43. The predicted molar refractivity (Wildman–Crippen MR) is 39.8 cm³/mol. The standard InChI is InChI=1S/C8H8F3NO/c9-6-4-8(11)7(10)3-5(6)1-2-12-13/h3-4,12-13H,1-2H2. The summed E-state index contributed by atoms with van der Waals surface area (Å²) < 4.78 is 37.8. The second-order valence-corrected chi connectivity index (χ2v) is 2.52. The number of hydrogen-bond donors (Lipinski definition) is 2. The first kappa shape index (κ1) is 10.0. The van der Waals surface area contributed by atoms with Crippen molar-refractivity contribution in [3.05, 3.63) is 35.1 Å². The van der Waals surface area contributed by atoms with E-state index >= 15 is 0 Å². The Morgan fingerprint density at radius 3 is 2.31 bits per heavy atom. The molecule has 0 aliphatic rings. The van der Waals surface area contributed by atoms with Gasteiger partial charge in [-0.25, -0.2) is 18.7 Å². The molecule has 1 aromatic carbocycles. The maximum absolute atomic E-state index is 12.8. The van der Waals surface area contributed by atoms with Crippen LogP contribution in [0.1, 0.15) is 5.56 Å². The Hall–Kier alpha value is -1.07. The van der Waals surface area contributed by atoms with Crippen molar-refractivity contribution < 1.29 is 18.4 Å². The van der Waals surface area contributed by atoms with Gasteiger partial charge in [-0.15, -0.1) is 0 Å². The fraction of sp³-hybridized carbons (Fsp3) is 0.250. The van der Waals surface area contributed by atoms with Crippen molar-refractivity contribution in [3.8, 4) is 0 Å². The molecule has 0 saturated carbocycles. The lowest BCUT2D eigenvalue weighted by molar-refractivity contribution is 0.168. The van der Waals surface area contributed by atoms with Gasteiger partial charge in [0.1, 0.15) is 5.82 Å². The summed E-state index contributed by atoms with van der Waals surface area (Å²) in [7, 11) is 0. The molecule has 13 heavy (non-hydrogen) atoms. The van der Waals surface area contributed by atoms with Crippen LogP contribution in [0.25, 0.3) is 0 Å². The lowest BCUT2D eigenvalue weighted by atomic mass is 10.1. The minimum atomic E-state index is -1.21. The van der Waals surface area contributed by atoms with Crippen molar-refractivity contribution in [3.63, 3.8) is 0 Å². The Kier molecular flexibility index (Phi) is 3.27. The minimum Gasteiger partial charge on any atom is -0.317 e. The molecule has 2 N–H and O–H groups in total. The largest absolute Gasteiger partial charge is 0.317 e. The number of benzene rings is 1. The summed E-state index contributed by atoms with van der Waals surface area (Å²) in [6.07, 6.45) is 0.0968. The SMILES string of the molecule is ONCCc1cc(F)c(F)cc1F. The zero-order valence-electron chi connectivity index (χ0n) is 6.65. The maximum Gasteiger partial charge on any atom is 0.161 e. The van der Waals surface area contributed by atoms with E-state index in [0.29, 0.717) is 6.07 Å². The van der Waals surface area contributed by atoms with E-state index in [1.54, 1.807) is 5.48 Å². The fourth-order valence-electron chi connectivity index (χ4n) is 0.946. The van der Waals surface area contributed by atoms with Gasteiger partial charge in [0.05, 0.1) is 0 Å². The summed E-state index contributed by atoms with van der Waals surface area (Å²) in [4.78, 5) is 0. The molecular weight excluding hydrogens is 183 g/mol. The van der Waals surface area contributed by atoms with Crippen LogP contribution in [0.5, 0.6) is 0 Å². The number of halogens is 3. The molecule has 0 aliphatic heterocycles. The van der Waals surface area contributed by atoms with Crippen LogP contribution in [0, 0.1) is 17.5 Å². The van der Waals surface area contributed by atoms with E-state index in [1.807, 2.05) is 0 Å². The van der Waals surface area contributed by atoms with Gasteiger partial charge >= 0.3 is 0 Å². The van der Waals surface area contributed by atoms with Crippen LogP contribution >= 0.6 is 0 Å². The summed E-state index contributed by atoms with van der Waals surface area (Å²) >= 11 is 0. The molecule has 1 aromatic rings. The van der Waals surface area contributed by atoms with Gasteiger partial charge in [0, 0.05) is 12.6 Å². The lowest BCUT2D eigenvalue weighted by Crippen LogP contribution is -2.12. The van der Waals surface area contributed by atoms with E-state index < -0.39 is 17.5 Å². The van der Waals surface area contributed by atoms with E-state index in [1.165, 1.54) is 0 Å². The van der Waals surface area contributed by atoms with E-state index in [-0.39, 0.29) is 18.5 Å². The third-order valence-electron chi connectivity index (χ3n) is 1.60. The number of hydrogen-bond acceptors (Lipinski definition) is 2. The molecule has 0 bridgehead atoms. The zero-order valence-corrected chi connectivity index (χ0v) is 6.65. The zero-order chi connectivity index (χ0) is 9.84. The molecule has 0 heterocycles. The average molecular weight is 191 g/mol. The van der Waals surface area contributed by atoms with Crippen molar-refractivity contribution in [2.45, 2.75) is 6.42 Å². The van der Waals surface area contributed by atoms with Gasteiger partial charge in [-0.05, 0) is 18.1 Å². The Morgan fingerprint density at radius 2 is 1.69 bits per heavy atom. The van der Waals surface area contributed by atoms with Gasteiger partial charge in [0.2, 0.25) is 0 Å². The smallest absolute Gasteiger partial charge is 0.161 e. The van der Waals surface area contributed by atoms with Gasteiger partial charge in [0.25, 0.3) is 0 Å². The Bertz CT molecular complexity index is 304. The lowest BCUT2D eigenvalue weighted by Gasteiger charge is -2.02. The number of rotatable bonds is 3. The van der Waals surface area contributed by atoms with Crippen LogP contribution in [0.4, 0.5) is 13.2 Å². The maximum atomic E-state index is 12.8. The molecule has 5 heteroatoms. The third-order valence-corrected chi connectivity index (χ3v) is 1.60. The minimum absolute atomic E-state index is 0.0282. The Morgan fingerprint density at radius 1 is 1.08 bits per heavy atom. The molecular formula is C8H8F3NO. The monoisotopic (exact) mass is 191 g/mol. The molecule has 0 aromatic heterocycles. The number of nitrogens with one attached hydrogen (secondary N) is 1. The van der Waals surface area contributed by atoms with Crippen LogP contribution in [0.2, 0.25) is 0 Å². The predicted octanol–water partition coefficient (Wildman–Crippen LogP) is 1.63. The molecule has 72 valence electrons. The molecule has 0 radical (unpaired) electrons. The molecule has 0 amide bonds. The van der Waals surface area contributed by atoms with Crippen molar-refractivity contribution in [2.24, 2.45) is 0 Å². The summed E-state index contributed by atoms with van der Waals surface area (Å²) in [5.41, 5.74) is 1.82. The molecule has 0 unspecified atom stereocenters. The van der Waals surface area contributed by atoms with Crippen molar-refractivity contribution in [2.75, 3.05) is 6.54 Å². The molecule has 0 fully saturated rings. The topological polar surface area (TPSA) is 32.3 Å². The van der Waals surface area contributed by atoms with Crippen LogP contribution in [0.15, 0.2) is 12.1 Å². The van der Waals surface area contributed by atoms with Crippen LogP contribution in [-0.4, -0.2) is 11.8 Å². The fourth-order valence-corrected chi connectivity index (χ4v) is 0.946. The number of hydroxylamine groups is 1. The second kappa shape index (κ2) is 4.25.